The van der Waals surface area contributed by atoms with Gasteiger partial charge in [-0.15, -0.1) is 0 Å². The Morgan fingerprint density at radius 1 is 1.00 bits per heavy atom. The molecule has 0 radical (unpaired) electrons. The molecule has 0 unspecified atom stereocenters. The standard InChI is InChI=1S/C27H34N4O4/c32-23-10-8-21(22-9-11-25(34)30-26(22)23)24(33)18-28-13-12-19-4-6-20(7-5-19)27(35)29-14-17-31-15-2-1-3-16-31/h4-11,24,28,32-33H,1-3,12-18H2,(H,29,35)(H,30,34)/t24-/m0/s1. The molecule has 1 fully saturated rings. The Bertz CT molecular complexity index is 1190. The molecular weight excluding hydrogens is 444 g/mol. The van der Waals surface area contributed by atoms with Crippen molar-refractivity contribution in [3.63, 3.8) is 0 Å². The van der Waals surface area contributed by atoms with Crippen LogP contribution in [0.2, 0.25) is 0 Å². The molecule has 35 heavy (non-hydrogen) atoms. The molecule has 186 valence electrons. The molecule has 5 N–H and O–H groups in total. The largest absolute Gasteiger partial charge is 0.506 e. The molecule has 3 aromatic rings. The van der Waals surface area contributed by atoms with Crippen molar-refractivity contribution in [1.29, 1.82) is 0 Å². The minimum Gasteiger partial charge on any atom is -0.506 e. The van der Waals surface area contributed by atoms with E-state index in [-0.39, 0.29) is 17.2 Å². The third kappa shape index (κ3) is 6.69. The molecule has 8 nitrogen and oxygen atoms in total. The molecule has 0 spiro atoms. The number of carbonyl (C=O) groups excluding carboxylic acids is 1. The fraction of sp³-hybridized carbons (Fsp3) is 0.407. The smallest absolute Gasteiger partial charge is 0.251 e. The van der Waals surface area contributed by atoms with Gasteiger partial charge in [0, 0.05) is 36.7 Å². The number of likely N-dealkylation sites (tertiary alicyclic amines) is 1. The highest BCUT2D eigenvalue weighted by atomic mass is 16.3. The van der Waals surface area contributed by atoms with Gasteiger partial charge in [0.1, 0.15) is 5.75 Å². The van der Waals surface area contributed by atoms with Crippen LogP contribution in [0.1, 0.15) is 46.9 Å². The lowest BCUT2D eigenvalue weighted by molar-refractivity contribution is 0.0946. The van der Waals surface area contributed by atoms with Crippen LogP contribution in [-0.2, 0) is 6.42 Å². The van der Waals surface area contributed by atoms with Crippen LogP contribution >= 0.6 is 0 Å². The van der Waals surface area contributed by atoms with Crippen molar-refractivity contribution in [3.8, 4) is 5.75 Å². The van der Waals surface area contributed by atoms with Crippen molar-refractivity contribution in [3.05, 3.63) is 75.6 Å². The van der Waals surface area contributed by atoms with Crippen LogP contribution < -0.4 is 16.2 Å². The maximum absolute atomic E-state index is 12.4. The number of phenols is 1. The highest BCUT2D eigenvalue weighted by Gasteiger charge is 2.14. The minimum atomic E-state index is -0.792. The van der Waals surface area contributed by atoms with Crippen LogP contribution in [0, 0.1) is 0 Å². The van der Waals surface area contributed by atoms with Crippen molar-refractivity contribution in [1.82, 2.24) is 20.5 Å². The van der Waals surface area contributed by atoms with Crippen molar-refractivity contribution >= 4 is 16.8 Å². The zero-order chi connectivity index (χ0) is 24.6. The first kappa shape index (κ1) is 24.9. The predicted molar refractivity (Wildman–Crippen MR) is 137 cm³/mol. The van der Waals surface area contributed by atoms with E-state index in [9.17, 15) is 19.8 Å². The predicted octanol–water partition coefficient (Wildman–Crippen LogP) is 2.32. The van der Waals surface area contributed by atoms with Crippen molar-refractivity contribution in [2.45, 2.75) is 31.8 Å². The van der Waals surface area contributed by atoms with Crippen molar-refractivity contribution in [2.75, 3.05) is 39.3 Å². The summed E-state index contributed by atoms with van der Waals surface area (Å²) in [5.41, 5.74) is 2.41. The molecule has 0 saturated carbocycles. The topological polar surface area (TPSA) is 118 Å². The van der Waals surface area contributed by atoms with E-state index in [0.29, 0.717) is 41.7 Å². The molecule has 1 atom stereocenters. The number of H-pyrrole nitrogens is 1. The molecule has 0 bridgehead atoms. The Morgan fingerprint density at radius 3 is 2.54 bits per heavy atom. The molecule has 8 heteroatoms. The van der Waals surface area contributed by atoms with E-state index in [0.717, 1.165) is 31.6 Å². The quantitative estimate of drug-likeness (QED) is 0.286. The number of pyridine rings is 1. The number of amides is 1. The molecule has 4 rings (SSSR count). The maximum Gasteiger partial charge on any atom is 0.251 e. The van der Waals surface area contributed by atoms with Gasteiger partial charge in [-0.05, 0) is 74.3 Å². The summed E-state index contributed by atoms with van der Waals surface area (Å²) >= 11 is 0. The molecule has 1 amide bonds. The molecule has 2 heterocycles. The average molecular weight is 479 g/mol. The highest BCUT2D eigenvalue weighted by Crippen LogP contribution is 2.28. The van der Waals surface area contributed by atoms with Crippen molar-refractivity contribution in [2.24, 2.45) is 0 Å². The number of hydrogen-bond donors (Lipinski definition) is 5. The molecule has 1 saturated heterocycles. The SMILES string of the molecule is O=C(NCCN1CCCCC1)c1ccc(CCNC[C@H](O)c2ccc(O)c3[nH]c(=O)ccc23)cc1. The number of hydrogen-bond acceptors (Lipinski definition) is 6. The molecule has 0 aliphatic carbocycles. The second-order valence-corrected chi connectivity index (χ2v) is 9.11. The van der Waals surface area contributed by atoms with E-state index < -0.39 is 6.10 Å². The zero-order valence-corrected chi connectivity index (χ0v) is 19.9. The van der Waals surface area contributed by atoms with Gasteiger partial charge in [0.05, 0.1) is 11.6 Å². The summed E-state index contributed by atoms with van der Waals surface area (Å²) < 4.78 is 0. The van der Waals surface area contributed by atoms with Gasteiger partial charge in [0.25, 0.3) is 5.91 Å². The van der Waals surface area contributed by atoms with E-state index in [1.165, 1.54) is 31.4 Å². The van der Waals surface area contributed by atoms with Crippen LogP contribution in [0.15, 0.2) is 53.3 Å². The lowest BCUT2D eigenvalue weighted by Crippen LogP contribution is -2.37. The first-order chi connectivity index (χ1) is 17.0. The van der Waals surface area contributed by atoms with E-state index in [1.807, 2.05) is 24.3 Å². The van der Waals surface area contributed by atoms with Gasteiger partial charge < -0.3 is 30.7 Å². The number of aliphatic hydroxyl groups excluding tert-OH is 1. The third-order valence-corrected chi connectivity index (χ3v) is 6.57. The van der Waals surface area contributed by atoms with Gasteiger partial charge in [-0.25, -0.2) is 0 Å². The molecule has 1 aliphatic rings. The first-order valence-corrected chi connectivity index (χ1v) is 12.3. The van der Waals surface area contributed by atoms with Crippen LogP contribution in [0.25, 0.3) is 10.9 Å². The molecule has 1 aliphatic heterocycles. The number of rotatable bonds is 10. The summed E-state index contributed by atoms with van der Waals surface area (Å²) in [6.45, 7) is 4.81. The zero-order valence-electron chi connectivity index (χ0n) is 19.9. The number of fused-ring (bicyclic) bond motifs is 1. The third-order valence-electron chi connectivity index (χ3n) is 6.57. The second kappa shape index (κ2) is 12.0. The number of aliphatic hydroxyl groups is 1. The number of nitrogens with zero attached hydrogens (tertiary/aromatic N) is 1. The number of aromatic nitrogens is 1. The Hall–Kier alpha value is -3.20. The Labute approximate surface area is 205 Å². The fourth-order valence-electron chi connectivity index (χ4n) is 4.57. The number of benzene rings is 2. The van der Waals surface area contributed by atoms with E-state index in [1.54, 1.807) is 12.1 Å². The van der Waals surface area contributed by atoms with Crippen LogP contribution in [0.5, 0.6) is 5.75 Å². The van der Waals surface area contributed by atoms with Gasteiger partial charge in [0.2, 0.25) is 5.56 Å². The number of nitrogens with one attached hydrogen (secondary N) is 3. The summed E-state index contributed by atoms with van der Waals surface area (Å²) in [6.07, 6.45) is 3.77. The van der Waals surface area contributed by atoms with Gasteiger partial charge in [-0.1, -0.05) is 24.6 Å². The summed E-state index contributed by atoms with van der Waals surface area (Å²) in [5, 5.41) is 27.5. The van der Waals surface area contributed by atoms with Crippen LogP contribution in [0.4, 0.5) is 0 Å². The number of aromatic hydroxyl groups is 1. The van der Waals surface area contributed by atoms with Gasteiger partial charge >= 0.3 is 0 Å². The van der Waals surface area contributed by atoms with E-state index in [4.69, 9.17) is 0 Å². The van der Waals surface area contributed by atoms with Crippen LogP contribution in [-0.4, -0.2) is 65.3 Å². The fourth-order valence-corrected chi connectivity index (χ4v) is 4.57. The Kier molecular flexibility index (Phi) is 8.52. The van der Waals surface area contributed by atoms with E-state index in [2.05, 4.69) is 20.5 Å². The minimum absolute atomic E-state index is 0.0271. The van der Waals surface area contributed by atoms with E-state index >= 15 is 0 Å². The molecule has 2 aromatic carbocycles. The Balaban J connectivity index is 1.21. The van der Waals surface area contributed by atoms with Gasteiger partial charge in [-0.3, -0.25) is 9.59 Å². The number of phenolic OH excluding ortho intramolecular Hbond substituents is 1. The number of carbonyl (C=O) groups is 1. The summed E-state index contributed by atoms with van der Waals surface area (Å²) in [4.78, 5) is 29.0. The van der Waals surface area contributed by atoms with Crippen LogP contribution in [0.3, 0.4) is 0 Å². The molecular formula is C27H34N4O4. The summed E-state index contributed by atoms with van der Waals surface area (Å²) in [6, 6.07) is 13.7. The number of aromatic amines is 1. The Morgan fingerprint density at radius 2 is 1.77 bits per heavy atom. The molecule has 1 aromatic heterocycles. The maximum atomic E-state index is 12.4. The van der Waals surface area contributed by atoms with Crippen molar-refractivity contribution < 1.29 is 15.0 Å². The average Bonchev–Trinajstić information content (AvgIpc) is 2.88. The van der Waals surface area contributed by atoms with Gasteiger partial charge in [0.15, 0.2) is 0 Å². The first-order valence-electron chi connectivity index (χ1n) is 12.3. The summed E-state index contributed by atoms with van der Waals surface area (Å²) in [7, 11) is 0. The second-order valence-electron chi connectivity index (χ2n) is 9.11. The summed E-state index contributed by atoms with van der Waals surface area (Å²) in [5.74, 6) is -0.0713. The normalized spacial score (nSPS) is 15.2. The monoisotopic (exact) mass is 478 g/mol. The van der Waals surface area contributed by atoms with Gasteiger partial charge in [-0.2, -0.15) is 0 Å². The highest BCUT2D eigenvalue weighted by molar-refractivity contribution is 5.94. The lowest BCUT2D eigenvalue weighted by atomic mass is 10.0. The number of piperidine rings is 1. The lowest BCUT2D eigenvalue weighted by Gasteiger charge is -2.26.